The van der Waals surface area contributed by atoms with E-state index in [1.165, 1.54) is 0 Å². The number of fused-ring (bicyclic) bond motifs is 4. The third kappa shape index (κ3) is 2.45. The molecule has 9 heteroatoms. The Labute approximate surface area is 172 Å². The molecule has 154 valence electrons. The van der Waals surface area contributed by atoms with E-state index in [1.54, 1.807) is 16.0 Å². The predicted molar refractivity (Wildman–Crippen MR) is 106 cm³/mol. The number of carbonyl (C=O) groups is 2. The predicted octanol–water partition coefficient (Wildman–Crippen LogP) is 0.906. The van der Waals surface area contributed by atoms with Crippen molar-refractivity contribution in [3.63, 3.8) is 0 Å². The van der Waals surface area contributed by atoms with Crippen LogP contribution in [0.1, 0.15) is 6.42 Å². The molecule has 2 N–H and O–H groups in total. The Morgan fingerprint density at radius 2 is 2.03 bits per heavy atom. The number of aromatic nitrogens is 1. The van der Waals surface area contributed by atoms with Crippen LogP contribution in [0.25, 0.3) is 11.1 Å². The van der Waals surface area contributed by atoms with E-state index in [4.69, 9.17) is 9.47 Å². The highest BCUT2D eigenvalue weighted by Gasteiger charge is 2.70. The molecule has 1 aromatic carbocycles. The SMILES string of the molecule is O=C1CNCCN1c1ccc(-c2ccc3c(c2)OC[C@@H]2N3C(=O)OC23C[C@@H]3O)cn1. The summed E-state index contributed by atoms with van der Waals surface area (Å²) in [5.41, 5.74) is 1.60. The third-order valence-electron chi connectivity index (χ3n) is 6.33. The van der Waals surface area contributed by atoms with Crippen LogP contribution in [0, 0.1) is 0 Å². The monoisotopic (exact) mass is 408 g/mol. The molecule has 6 rings (SSSR count). The highest BCUT2D eigenvalue weighted by Crippen LogP contribution is 2.53. The first-order chi connectivity index (χ1) is 14.6. The van der Waals surface area contributed by atoms with Crippen LogP contribution < -0.4 is 19.9 Å². The number of benzene rings is 1. The van der Waals surface area contributed by atoms with Crippen molar-refractivity contribution in [2.45, 2.75) is 24.2 Å². The van der Waals surface area contributed by atoms with Gasteiger partial charge in [-0.15, -0.1) is 0 Å². The summed E-state index contributed by atoms with van der Waals surface area (Å²) in [7, 11) is 0. The number of piperazine rings is 1. The lowest BCUT2D eigenvalue weighted by molar-refractivity contribution is -0.118. The second-order valence-corrected chi connectivity index (χ2v) is 8.05. The highest BCUT2D eigenvalue weighted by molar-refractivity contribution is 5.96. The summed E-state index contributed by atoms with van der Waals surface area (Å²) in [6.45, 7) is 1.95. The average molecular weight is 408 g/mol. The molecular weight excluding hydrogens is 388 g/mol. The Morgan fingerprint density at radius 1 is 1.20 bits per heavy atom. The first-order valence-corrected chi connectivity index (χ1v) is 10.0. The zero-order chi connectivity index (χ0) is 20.5. The number of rotatable bonds is 2. The van der Waals surface area contributed by atoms with Gasteiger partial charge in [0.15, 0.2) is 5.60 Å². The van der Waals surface area contributed by atoms with Crippen molar-refractivity contribution in [1.29, 1.82) is 0 Å². The Kier molecular flexibility index (Phi) is 3.63. The molecule has 3 fully saturated rings. The molecule has 4 heterocycles. The summed E-state index contributed by atoms with van der Waals surface area (Å²) in [5, 5.41) is 13.0. The number of anilines is 2. The molecule has 1 aliphatic carbocycles. The molecule has 1 saturated carbocycles. The number of aliphatic hydroxyl groups excluding tert-OH is 1. The van der Waals surface area contributed by atoms with Crippen LogP contribution in [0.2, 0.25) is 0 Å². The highest BCUT2D eigenvalue weighted by atomic mass is 16.6. The second kappa shape index (κ2) is 6.16. The second-order valence-electron chi connectivity index (χ2n) is 8.05. The number of ether oxygens (including phenoxy) is 2. The van der Waals surface area contributed by atoms with Gasteiger partial charge in [-0.1, -0.05) is 6.07 Å². The van der Waals surface area contributed by atoms with E-state index >= 15 is 0 Å². The van der Waals surface area contributed by atoms with E-state index in [0.717, 1.165) is 17.7 Å². The molecule has 2 saturated heterocycles. The standard InChI is InChI=1S/C21H20N4O5/c26-17-8-21(17)16-11-29-15-7-12(1-3-14(15)25(16)20(28)30-21)13-2-4-18(23-9-13)24-6-5-22-10-19(24)27/h1-4,7,9,16-17,22,26H,5-6,8,10-11H2/t16-,17-,21?/m0/s1. The lowest BCUT2D eigenvalue weighted by Gasteiger charge is -2.31. The van der Waals surface area contributed by atoms with Crippen LogP contribution in [0.3, 0.4) is 0 Å². The Hall–Kier alpha value is -3.17. The quantitative estimate of drug-likeness (QED) is 0.761. The van der Waals surface area contributed by atoms with E-state index in [2.05, 4.69) is 10.3 Å². The molecule has 9 nitrogen and oxygen atoms in total. The van der Waals surface area contributed by atoms with Crippen LogP contribution in [0.15, 0.2) is 36.5 Å². The number of amides is 2. The van der Waals surface area contributed by atoms with Crippen molar-refractivity contribution in [1.82, 2.24) is 10.3 Å². The fraction of sp³-hybridized carbons (Fsp3) is 0.381. The number of carbonyl (C=O) groups excluding carboxylic acids is 2. The summed E-state index contributed by atoms with van der Waals surface area (Å²) in [6, 6.07) is 9.06. The molecule has 1 spiro atoms. The first kappa shape index (κ1) is 17.7. The van der Waals surface area contributed by atoms with Gasteiger partial charge in [-0.3, -0.25) is 14.6 Å². The maximum atomic E-state index is 12.4. The van der Waals surface area contributed by atoms with Gasteiger partial charge in [-0.2, -0.15) is 0 Å². The molecule has 4 aliphatic rings. The van der Waals surface area contributed by atoms with Gasteiger partial charge in [-0.05, 0) is 29.8 Å². The maximum Gasteiger partial charge on any atom is 0.415 e. The summed E-state index contributed by atoms with van der Waals surface area (Å²) in [6.07, 6.45) is 1.11. The van der Waals surface area contributed by atoms with Crippen LogP contribution in [0.5, 0.6) is 5.75 Å². The van der Waals surface area contributed by atoms with Gasteiger partial charge in [0.25, 0.3) is 0 Å². The Balaban J connectivity index is 1.28. The number of hydrogen-bond donors (Lipinski definition) is 2. The number of nitrogens with one attached hydrogen (secondary N) is 1. The summed E-state index contributed by atoms with van der Waals surface area (Å²) in [5.74, 6) is 1.24. The fourth-order valence-electron chi connectivity index (χ4n) is 4.56. The molecule has 30 heavy (non-hydrogen) atoms. The summed E-state index contributed by atoms with van der Waals surface area (Å²) < 4.78 is 11.4. The largest absolute Gasteiger partial charge is 0.489 e. The molecule has 3 atom stereocenters. The van der Waals surface area contributed by atoms with Crippen molar-refractivity contribution >= 4 is 23.5 Å². The van der Waals surface area contributed by atoms with Crippen molar-refractivity contribution in [3.05, 3.63) is 36.5 Å². The van der Waals surface area contributed by atoms with E-state index in [-0.39, 0.29) is 18.6 Å². The summed E-state index contributed by atoms with van der Waals surface area (Å²) in [4.78, 5) is 32.2. The minimum atomic E-state index is -0.825. The molecule has 1 unspecified atom stereocenters. The molecule has 0 radical (unpaired) electrons. The van der Waals surface area contributed by atoms with Gasteiger partial charge in [0.2, 0.25) is 5.91 Å². The molecule has 0 bridgehead atoms. The van der Waals surface area contributed by atoms with Gasteiger partial charge in [-0.25, -0.2) is 9.78 Å². The topological polar surface area (TPSA) is 104 Å². The normalized spacial score (nSPS) is 29.4. The van der Waals surface area contributed by atoms with E-state index in [1.807, 2.05) is 30.3 Å². The number of pyridine rings is 1. The zero-order valence-corrected chi connectivity index (χ0v) is 16.1. The van der Waals surface area contributed by atoms with Gasteiger partial charge >= 0.3 is 6.09 Å². The molecule has 2 aromatic rings. The van der Waals surface area contributed by atoms with Crippen LogP contribution in [0.4, 0.5) is 16.3 Å². The minimum absolute atomic E-state index is 0.00860. The van der Waals surface area contributed by atoms with Crippen LogP contribution >= 0.6 is 0 Å². The lowest BCUT2D eigenvalue weighted by atomic mass is 10.0. The van der Waals surface area contributed by atoms with Crippen molar-refractivity contribution in [2.75, 3.05) is 36.0 Å². The average Bonchev–Trinajstić information content (AvgIpc) is 3.32. The van der Waals surface area contributed by atoms with Gasteiger partial charge < -0.3 is 19.9 Å². The van der Waals surface area contributed by atoms with E-state index < -0.39 is 17.8 Å². The first-order valence-electron chi connectivity index (χ1n) is 10.0. The fourth-order valence-corrected chi connectivity index (χ4v) is 4.56. The van der Waals surface area contributed by atoms with Crippen molar-refractivity contribution in [2.24, 2.45) is 0 Å². The molecular formula is C21H20N4O5. The van der Waals surface area contributed by atoms with E-state index in [9.17, 15) is 14.7 Å². The Bertz CT molecular complexity index is 1060. The van der Waals surface area contributed by atoms with Crippen LogP contribution in [-0.4, -0.2) is 66.1 Å². The van der Waals surface area contributed by atoms with Crippen molar-refractivity contribution < 1.29 is 24.2 Å². The number of aliphatic hydroxyl groups is 1. The van der Waals surface area contributed by atoms with Gasteiger partial charge in [0.1, 0.15) is 30.3 Å². The number of hydrogen-bond acceptors (Lipinski definition) is 7. The molecule has 1 aromatic heterocycles. The maximum absolute atomic E-state index is 12.4. The molecule has 3 aliphatic heterocycles. The van der Waals surface area contributed by atoms with Gasteiger partial charge in [0, 0.05) is 31.3 Å². The third-order valence-corrected chi connectivity index (χ3v) is 6.33. The Morgan fingerprint density at radius 3 is 2.77 bits per heavy atom. The summed E-state index contributed by atoms with van der Waals surface area (Å²) >= 11 is 0. The van der Waals surface area contributed by atoms with Gasteiger partial charge in [0.05, 0.1) is 12.2 Å². The molecule has 2 amide bonds. The lowest BCUT2D eigenvalue weighted by Crippen LogP contribution is -2.48. The van der Waals surface area contributed by atoms with E-state index in [0.29, 0.717) is 36.8 Å². The smallest absolute Gasteiger partial charge is 0.415 e. The van der Waals surface area contributed by atoms with Crippen molar-refractivity contribution in [3.8, 4) is 16.9 Å². The zero-order valence-electron chi connectivity index (χ0n) is 16.1. The minimum Gasteiger partial charge on any atom is -0.489 e. The van der Waals surface area contributed by atoms with Crippen LogP contribution in [-0.2, 0) is 9.53 Å². The number of nitrogens with zero attached hydrogens (tertiary/aromatic N) is 3.